The molecule has 2 aromatic rings. The van der Waals surface area contributed by atoms with Gasteiger partial charge in [0.25, 0.3) is 0 Å². The molecular weight excluding hydrogens is 342 g/mol. The van der Waals surface area contributed by atoms with Crippen LogP contribution in [0.25, 0.3) is 0 Å². The lowest BCUT2D eigenvalue weighted by Gasteiger charge is -2.14. The van der Waals surface area contributed by atoms with E-state index in [1.165, 1.54) is 0 Å². The van der Waals surface area contributed by atoms with Gasteiger partial charge in [-0.25, -0.2) is 0 Å². The van der Waals surface area contributed by atoms with Gasteiger partial charge in [-0.2, -0.15) is 0 Å². The molecule has 20 heavy (non-hydrogen) atoms. The SMILES string of the molecule is OC(CNc1ccccc1Br)COc1ccc(Cl)cc1. The molecule has 2 N–H and O–H groups in total. The molecule has 0 heterocycles. The summed E-state index contributed by atoms with van der Waals surface area (Å²) in [5.74, 6) is 0.689. The lowest BCUT2D eigenvalue weighted by Crippen LogP contribution is -2.26. The predicted octanol–water partition coefficient (Wildman–Crippen LogP) is 3.95. The Morgan fingerprint density at radius 2 is 1.85 bits per heavy atom. The second-order valence-corrected chi connectivity index (χ2v) is 5.57. The van der Waals surface area contributed by atoms with Gasteiger partial charge in [0.1, 0.15) is 18.5 Å². The summed E-state index contributed by atoms with van der Waals surface area (Å²) in [6.45, 7) is 0.634. The molecule has 0 aliphatic carbocycles. The molecular formula is C15H15BrClNO2. The third-order valence-electron chi connectivity index (χ3n) is 2.66. The van der Waals surface area contributed by atoms with E-state index in [1.54, 1.807) is 24.3 Å². The van der Waals surface area contributed by atoms with E-state index in [0.717, 1.165) is 10.2 Å². The first kappa shape index (κ1) is 15.2. The maximum Gasteiger partial charge on any atom is 0.119 e. The maximum absolute atomic E-state index is 9.89. The first-order valence-electron chi connectivity index (χ1n) is 6.20. The number of para-hydroxylation sites is 1. The van der Waals surface area contributed by atoms with Crippen molar-refractivity contribution in [3.63, 3.8) is 0 Å². The van der Waals surface area contributed by atoms with Gasteiger partial charge in [0.15, 0.2) is 0 Å². The van der Waals surface area contributed by atoms with Gasteiger partial charge in [-0.1, -0.05) is 23.7 Å². The number of hydrogen-bond donors (Lipinski definition) is 2. The number of ether oxygens (including phenoxy) is 1. The zero-order valence-electron chi connectivity index (χ0n) is 10.7. The Balaban J connectivity index is 1.77. The van der Waals surface area contributed by atoms with Gasteiger partial charge >= 0.3 is 0 Å². The highest BCUT2D eigenvalue weighted by molar-refractivity contribution is 9.10. The quantitative estimate of drug-likeness (QED) is 0.823. The van der Waals surface area contributed by atoms with E-state index >= 15 is 0 Å². The summed E-state index contributed by atoms with van der Waals surface area (Å²) in [6, 6.07) is 14.8. The third kappa shape index (κ3) is 4.71. The Labute approximate surface area is 131 Å². The van der Waals surface area contributed by atoms with Gasteiger partial charge in [0, 0.05) is 21.7 Å². The topological polar surface area (TPSA) is 41.5 Å². The first-order chi connectivity index (χ1) is 9.65. The van der Waals surface area contributed by atoms with Crippen molar-refractivity contribution in [2.75, 3.05) is 18.5 Å². The molecule has 0 saturated carbocycles. The smallest absolute Gasteiger partial charge is 0.119 e. The fourth-order valence-corrected chi connectivity index (χ4v) is 2.17. The standard InChI is InChI=1S/C15H15BrClNO2/c16-14-3-1-2-4-15(14)18-9-12(19)10-20-13-7-5-11(17)6-8-13/h1-8,12,18-19H,9-10H2. The number of aliphatic hydroxyl groups excluding tert-OH is 1. The van der Waals surface area contributed by atoms with E-state index in [-0.39, 0.29) is 6.61 Å². The molecule has 5 heteroatoms. The molecule has 0 spiro atoms. The predicted molar refractivity (Wildman–Crippen MR) is 85.6 cm³/mol. The van der Waals surface area contributed by atoms with Gasteiger partial charge in [-0.15, -0.1) is 0 Å². The molecule has 0 aromatic heterocycles. The van der Waals surface area contributed by atoms with Crippen molar-refractivity contribution in [3.8, 4) is 5.75 Å². The molecule has 0 aliphatic rings. The molecule has 2 aromatic carbocycles. The van der Waals surface area contributed by atoms with Crippen LogP contribution in [0.1, 0.15) is 0 Å². The van der Waals surface area contributed by atoms with Crippen LogP contribution in [0.5, 0.6) is 5.75 Å². The second kappa shape index (κ2) is 7.53. The molecule has 1 unspecified atom stereocenters. The molecule has 0 radical (unpaired) electrons. The summed E-state index contributed by atoms with van der Waals surface area (Å²) in [5, 5.41) is 13.7. The van der Waals surface area contributed by atoms with Crippen LogP contribution < -0.4 is 10.1 Å². The minimum absolute atomic E-state index is 0.221. The normalized spacial score (nSPS) is 11.9. The third-order valence-corrected chi connectivity index (χ3v) is 3.60. The average Bonchev–Trinajstić information content (AvgIpc) is 2.46. The second-order valence-electron chi connectivity index (χ2n) is 4.28. The van der Waals surface area contributed by atoms with Crippen molar-refractivity contribution in [1.29, 1.82) is 0 Å². The van der Waals surface area contributed by atoms with Gasteiger partial charge < -0.3 is 15.2 Å². The number of aliphatic hydroxyl groups is 1. The number of nitrogens with one attached hydrogen (secondary N) is 1. The fourth-order valence-electron chi connectivity index (χ4n) is 1.61. The van der Waals surface area contributed by atoms with Crippen molar-refractivity contribution in [3.05, 3.63) is 58.0 Å². The number of anilines is 1. The molecule has 3 nitrogen and oxygen atoms in total. The number of hydrogen-bond acceptors (Lipinski definition) is 3. The van der Waals surface area contributed by atoms with Crippen LogP contribution in [0.4, 0.5) is 5.69 Å². The summed E-state index contributed by atoms with van der Waals surface area (Å²) in [7, 11) is 0. The number of benzene rings is 2. The molecule has 2 rings (SSSR count). The van der Waals surface area contributed by atoms with Crippen molar-refractivity contribution >= 4 is 33.2 Å². The van der Waals surface area contributed by atoms with Crippen LogP contribution in [0.3, 0.4) is 0 Å². The molecule has 0 saturated heterocycles. The molecule has 0 fully saturated rings. The van der Waals surface area contributed by atoms with Crippen molar-refractivity contribution in [2.45, 2.75) is 6.10 Å². The highest BCUT2D eigenvalue weighted by Gasteiger charge is 2.06. The minimum atomic E-state index is -0.599. The summed E-state index contributed by atoms with van der Waals surface area (Å²) < 4.78 is 6.44. The largest absolute Gasteiger partial charge is 0.491 e. The zero-order chi connectivity index (χ0) is 14.4. The van der Waals surface area contributed by atoms with Gasteiger partial charge in [-0.05, 0) is 52.3 Å². The van der Waals surface area contributed by atoms with E-state index in [2.05, 4.69) is 21.2 Å². The zero-order valence-corrected chi connectivity index (χ0v) is 13.1. The fraction of sp³-hybridized carbons (Fsp3) is 0.200. The van der Waals surface area contributed by atoms with Gasteiger partial charge in [0.2, 0.25) is 0 Å². The molecule has 0 bridgehead atoms. The lowest BCUT2D eigenvalue weighted by atomic mass is 10.3. The Morgan fingerprint density at radius 3 is 2.55 bits per heavy atom. The van der Waals surface area contributed by atoms with Crippen LogP contribution in [0.15, 0.2) is 53.0 Å². The van der Waals surface area contributed by atoms with Gasteiger partial charge in [0.05, 0.1) is 0 Å². The summed E-state index contributed by atoms with van der Waals surface area (Å²) in [4.78, 5) is 0. The molecule has 0 aliphatic heterocycles. The maximum atomic E-state index is 9.89. The summed E-state index contributed by atoms with van der Waals surface area (Å²) in [6.07, 6.45) is -0.599. The Kier molecular flexibility index (Phi) is 5.71. The van der Waals surface area contributed by atoms with E-state index in [9.17, 15) is 5.11 Å². The van der Waals surface area contributed by atoms with Crippen LogP contribution in [-0.2, 0) is 0 Å². The van der Waals surface area contributed by atoms with E-state index < -0.39 is 6.10 Å². The number of rotatable bonds is 6. The van der Waals surface area contributed by atoms with Crippen LogP contribution in [0, 0.1) is 0 Å². The van der Waals surface area contributed by atoms with Crippen LogP contribution in [0.2, 0.25) is 5.02 Å². The Bertz CT molecular complexity index is 548. The summed E-state index contributed by atoms with van der Waals surface area (Å²) >= 11 is 9.23. The lowest BCUT2D eigenvalue weighted by molar-refractivity contribution is 0.117. The van der Waals surface area contributed by atoms with E-state index in [4.69, 9.17) is 16.3 Å². The summed E-state index contributed by atoms with van der Waals surface area (Å²) in [5.41, 5.74) is 0.943. The minimum Gasteiger partial charge on any atom is -0.491 e. The molecule has 106 valence electrons. The van der Waals surface area contributed by atoms with Crippen molar-refractivity contribution < 1.29 is 9.84 Å². The highest BCUT2D eigenvalue weighted by Crippen LogP contribution is 2.21. The van der Waals surface area contributed by atoms with Gasteiger partial charge in [-0.3, -0.25) is 0 Å². The first-order valence-corrected chi connectivity index (χ1v) is 7.37. The number of halogens is 2. The molecule has 1 atom stereocenters. The highest BCUT2D eigenvalue weighted by atomic mass is 79.9. The average molecular weight is 357 g/mol. The van der Waals surface area contributed by atoms with Crippen molar-refractivity contribution in [2.24, 2.45) is 0 Å². The Hall–Kier alpha value is -1.23. The van der Waals surface area contributed by atoms with E-state index in [0.29, 0.717) is 17.3 Å². The van der Waals surface area contributed by atoms with Crippen LogP contribution in [-0.4, -0.2) is 24.4 Å². The van der Waals surface area contributed by atoms with Crippen LogP contribution >= 0.6 is 27.5 Å². The van der Waals surface area contributed by atoms with E-state index in [1.807, 2.05) is 24.3 Å². The van der Waals surface area contributed by atoms with Crippen molar-refractivity contribution in [1.82, 2.24) is 0 Å². The monoisotopic (exact) mass is 355 g/mol. The molecule has 0 amide bonds. The Morgan fingerprint density at radius 1 is 1.15 bits per heavy atom.